The molecule has 5 nitrogen and oxygen atoms in total. The van der Waals surface area contributed by atoms with Crippen molar-refractivity contribution in [2.45, 2.75) is 45.1 Å². The van der Waals surface area contributed by atoms with Crippen LogP contribution >= 0.6 is 0 Å². The first-order valence-electron chi connectivity index (χ1n) is 7.47. The molecular weight excluding hydrogens is 282 g/mol. The molecule has 0 aromatic heterocycles. The zero-order valence-corrected chi connectivity index (χ0v) is 13.1. The quantitative estimate of drug-likeness (QED) is 0.816. The fraction of sp³-hybridized carbons (Fsp3) is 0.471. The van der Waals surface area contributed by atoms with Crippen molar-refractivity contribution in [1.29, 1.82) is 0 Å². The number of carbonyl (C=O) groups is 1. The lowest BCUT2D eigenvalue weighted by atomic mass is 10.1. The van der Waals surface area contributed by atoms with E-state index in [0.29, 0.717) is 13.2 Å². The van der Waals surface area contributed by atoms with Crippen molar-refractivity contribution < 1.29 is 19.4 Å². The van der Waals surface area contributed by atoms with Crippen LogP contribution in [0.2, 0.25) is 0 Å². The van der Waals surface area contributed by atoms with Crippen LogP contribution in [-0.4, -0.2) is 34.5 Å². The maximum absolute atomic E-state index is 11.3. The highest BCUT2D eigenvalue weighted by Gasteiger charge is 2.43. The summed E-state index contributed by atoms with van der Waals surface area (Å²) < 4.78 is 11.0. The zero-order chi connectivity index (χ0) is 16.0. The van der Waals surface area contributed by atoms with Gasteiger partial charge in [0, 0.05) is 0 Å². The first kappa shape index (κ1) is 16.4. The first-order valence-corrected chi connectivity index (χ1v) is 7.47. The lowest BCUT2D eigenvalue weighted by Gasteiger charge is -2.30. The molecule has 1 aromatic rings. The van der Waals surface area contributed by atoms with Crippen LogP contribution in [-0.2, 0) is 16.1 Å². The van der Waals surface area contributed by atoms with E-state index in [2.05, 4.69) is 0 Å². The fourth-order valence-electron chi connectivity index (χ4n) is 2.63. The van der Waals surface area contributed by atoms with E-state index in [0.717, 1.165) is 18.4 Å². The van der Waals surface area contributed by atoms with Gasteiger partial charge in [-0.15, -0.1) is 0 Å². The van der Waals surface area contributed by atoms with Gasteiger partial charge in [0.15, 0.2) is 0 Å². The molecule has 0 aliphatic carbocycles. The van der Waals surface area contributed by atoms with Crippen molar-refractivity contribution in [3.8, 4) is 0 Å². The molecule has 0 bridgehead atoms. The van der Waals surface area contributed by atoms with Gasteiger partial charge in [-0.05, 0) is 38.3 Å². The highest BCUT2D eigenvalue weighted by atomic mass is 16.5. The van der Waals surface area contributed by atoms with Crippen LogP contribution in [0.1, 0.15) is 32.3 Å². The standard InChI is InChI=1S/C17H23NO4/c1-17(2)18(16(19)20)15(13-22-17)10-6-7-11-21-12-14-8-4-3-5-9-14/h3-5,7-9,11,15H,6,10,12-13H2,1-2H3,(H,19,20)/t15-/m0/s1. The lowest BCUT2D eigenvalue weighted by Crippen LogP contribution is -2.47. The summed E-state index contributed by atoms with van der Waals surface area (Å²) in [7, 11) is 0. The molecule has 1 aromatic carbocycles. The summed E-state index contributed by atoms with van der Waals surface area (Å²) in [6, 6.07) is 9.84. The fourth-order valence-corrected chi connectivity index (χ4v) is 2.63. The Labute approximate surface area is 131 Å². The maximum atomic E-state index is 11.3. The normalized spacial score (nSPS) is 20.5. The molecule has 22 heavy (non-hydrogen) atoms. The minimum absolute atomic E-state index is 0.105. The summed E-state index contributed by atoms with van der Waals surface area (Å²) in [5.74, 6) is 0. The Morgan fingerprint density at radius 2 is 2.18 bits per heavy atom. The van der Waals surface area contributed by atoms with Crippen LogP contribution in [0.5, 0.6) is 0 Å². The van der Waals surface area contributed by atoms with Gasteiger partial charge in [0.25, 0.3) is 0 Å². The number of hydrogen-bond donors (Lipinski definition) is 1. The van der Waals surface area contributed by atoms with Gasteiger partial charge in [-0.1, -0.05) is 30.3 Å². The minimum atomic E-state index is -0.934. The first-order chi connectivity index (χ1) is 10.5. The molecule has 120 valence electrons. The van der Waals surface area contributed by atoms with Crippen molar-refractivity contribution in [1.82, 2.24) is 4.90 Å². The average molecular weight is 305 g/mol. The van der Waals surface area contributed by atoms with Crippen LogP contribution in [0.15, 0.2) is 42.7 Å². The van der Waals surface area contributed by atoms with Gasteiger partial charge in [-0.3, -0.25) is 4.90 Å². The van der Waals surface area contributed by atoms with Gasteiger partial charge in [0.2, 0.25) is 0 Å². The van der Waals surface area contributed by atoms with E-state index >= 15 is 0 Å². The van der Waals surface area contributed by atoms with E-state index in [9.17, 15) is 9.90 Å². The van der Waals surface area contributed by atoms with E-state index in [4.69, 9.17) is 9.47 Å². The molecule has 1 aliphatic heterocycles. The van der Waals surface area contributed by atoms with Gasteiger partial charge >= 0.3 is 6.09 Å². The lowest BCUT2D eigenvalue weighted by molar-refractivity contribution is -0.0421. The molecule has 1 amide bonds. The molecule has 0 unspecified atom stereocenters. The minimum Gasteiger partial charge on any atom is -0.497 e. The predicted octanol–water partition coefficient (Wildman–Crippen LogP) is 3.61. The van der Waals surface area contributed by atoms with Crippen LogP contribution < -0.4 is 0 Å². The number of nitrogens with zero attached hydrogens (tertiary/aromatic N) is 1. The Morgan fingerprint density at radius 1 is 1.45 bits per heavy atom. The average Bonchev–Trinajstić information content (AvgIpc) is 2.78. The van der Waals surface area contributed by atoms with Gasteiger partial charge in [-0.25, -0.2) is 4.79 Å². The molecule has 1 N–H and O–H groups in total. The van der Waals surface area contributed by atoms with Crippen molar-refractivity contribution in [2.24, 2.45) is 0 Å². The van der Waals surface area contributed by atoms with Gasteiger partial charge in [-0.2, -0.15) is 0 Å². The highest BCUT2D eigenvalue weighted by Crippen LogP contribution is 2.29. The number of ether oxygens (including phenoxy) is 2. The largest absolute Gasteiger partial charge is 0.497 e. The topological polar surface area (TPSA) is 59.0 Å². The molecule has 2 rings (SSSR count). The number of amides is 1. The summed E-state index contributed by atoms with van der Waals surface area (Å²) in [5.41, 5.74) is 0.374. The van der Waals surface area contributed by atoms with Crippen molar-refractivity contribution in [3.63, 3.8) is 0 Å². The Balaban J connectivity index is 1.72. The molecular formula is C17H23NO4. The third kappa shape index (κ3) is 4.24. The van der Waals surface area contributed by atoms with Gasteiger partial charge < -0.3 is 14.6 Å². The summed E-state index contributed by atoms with van der Waals surface area (Å²) in [6.45, 7) is 4.54. The Hall–Kier alpha value is -2.01. The van der Waals surface area contributed by atoms with E-state index in [1.165, 1.54) is 4.90 Å². The number of rotatable bonds is 6. The van der Waals surface area contributed by atoms with Crippen molar-refractivity contribution in [2.75, 3.05) is 6.61 Å². The van der Waals surface area contributed by atoms with Gasteiger partial charge in [0.1, 0.15) is 12.3 Å². The SMILES string of the molecule is CC1(C)OC[C@H](CCC=COCc2ccccc2)N1C(=O)O. The zero-order valence-electron chi connectivity index (χ0n) is 13.1. The molecule has 1 fully saturated rings. The second kappa shape index (κ2) is 7.31. The maximum Gasteiger partial charge on any atom is 0.409 e. The summed E-state index contributed by atoms with van der Waals surface area (Å²) >= 11 is 0. The molecule has 1 heterocycles. The monoisotopic (exact) mass is 305 g/mol. The van der Waals surface area contributed by atoms with Gasteiger partial charge in [0.05, 0.1) is 18.9 Å². The van der Waals surface area contributed by atoms with E-state index < -0.39 is 11.8 Å². The van der Waals surface area contributed by atoms with E-state index in [-0.39, 0.29) is 6.04 Å². The molecule has 5 heteroatoms. The van der Waals surface area contributed by atoms with Crippen molar-refractivity contribution in [3.05, 3.63) is 48.2 Å². The Bertz CT molecular complexity index is 513. The van der Waals surface area contributed by atoms with E-state index in [1.807, 2.05) is 36.4 Å². The van der Waals surface area contributed by atoms with Crippen molar-refractivity contribution >= 4 is 6.09 Å². The third-order valence-corrected chi connectivity index (χ3v) is 3.73. The summed E-state index contributed by atoms with van der Waals surface area (Å²) in [4.78, 5) is 12.7. The third-order valence-electron chi connectivity index (χ3n) is 3.73. The number of allylic oxidation sites excluding steroid dienone is 1. The number of benzene rings is 1. The second-order valence-corrected chi connectivity index (χ2v) is 5.81. The van der Waals surface area contributed by atoms with Crippen LogP contribution in [0.25, 0.3) is 0 Å². The molecule has 0 saturated carbocycles. The molecule has 1 atom stereocenters. The molecule has 1 saturated heterocycles. The molecule has 0 spiro atoms. The summed E-state index contributed by atoms with van der Waals surface area (Å²) in [5, 5.41) is 9.29. The van der Waals surface area contributed by atoms with Crippen LogP contribution in [0.3, 0.4) is 0 Å². The molecule has 0 radical (unpaired) electrons. The smallest absolute Gasteiger partial charge is 0.409 e. The van der Waals surface area contributed by atoms with Crippen LogP contribution in [0, 0.1) is 0 Å². The predicted molar refractivity (Wildman–Crippen MR) is 83.3 cm³/mol. The Kier molecular flexibility index (Phi) is 5.44. The number of hydrogen-bond acceptors (Lipinski definition) is 3. The second-order valence-electron chi connectivity index (χ2n) is 5.81. The van der Waals surface area contributed by atoms with E-state index in [1.54, 1.807) is 20.1 Å². The Morgan fingerprint density at radius 3 is 2.86 bits per heavy atom. The summed E-state index contributed by atoms with van der Waals surface area (Å²) in [6.07, 6.45) is 4.15. The molecule has 1 aliphatic rings. The number of carboxylic acid groups (broad SMARTS) is 1. The highest BCUT2D eigenvalue weighted by molar-refractivity contribution is 5.66. The van der Waals surface area contributed by atoms with Crippen LogP contribution in [0.4, 0.5) is 4.79 Å².